The lowest BCUT2D eigenvalue weighted by Crippen LogP contribution is -2.15. The molecule has 0 aliphatic heterocycles. The van der Waals surface area contributed by atoms with E-state index in [9.17, 15) is 4.79 Å². The average Bonchev–Trinajstić information content (AvgIpc) is 2.74. The van der Waals surface area contributed by atoms with Gasteiger partial charge in [0.05, 0.1) is 12.6 Å². The van der Waals surface area contributed by atoms with Gasteiger partial charge in [-0.2, -0.15) is 4.80 Å². The van der Waals surface area contributed by atoms with E-state index in [1.54, 1.807) is 26.2 Å². The fraction of sp³-hybridized carbons (Fsp3) is 0.200. The smallest absolute Gasteiger partial charge is 0.270 e. The molecule has 1 amide bonds. The Balaban J connectivity index is 2.20. The number of rotatable bonds is 3. The Labute approximate surface area is 97.8 Å². The molecule has 0 atom stereocenters. The van der Waals surface area contributed by atoms with Gasteiger partial charge >= 0.3 is 0 Å². The van der Waals surface area contributed by atoms with E-state index >= 15 is 0 Å². The zero-order valence-corrected chi connectivity index (χ0v) is 9.51. The summed E-state index contributed by atoms with van der Waals surface area (Å²) in [7, 11) is 3.39. The van der Waals surface area contributed by atoms with Crippen LogP contribution < -0.4 is 10.6 Å². The second-order valence-corrected chi connectivity index (χ2v) is 3.35. The van der Waals surface area contributed by atoms with Crippen LogP contribution in [0.3, 0.4) is 0 Å². The Morgan fingerprint density at radius 1 is 1.35 bits per heavy atom. The van der Waals surface area contributed by atoms with Gasteiger partial charge < -0.3 is 5.32 Å². The van der Waals surface area contributed by atoms with E-state index in [0.29, 0.717) is 5.56 Å². The highest BCUT2D eigenvalue weighted by Crippen LogP contribution is 2.14. The van der Waals surface area contributed by atoms with Gasteiger partial charge in [-0.25, -0.2) is 0 Å². The van der Waals surface area contributed by atoms with Crippen molar-refractivity contribution in [3.63, 3.8) is 0 Å². The van der Waals surface area contributed by atoms with Gasteiger partial charge in [0.2, 0.25) is 0 Å². The summed E-state index contributed by atoms with van der Waals surface area (Å²) in [6, 6.07) is 7.18. The second-order valence-electron chi connectivity index (χ2n) is 3.35. The number of benzene rings is 1. The molecule has 0 radical (unpaired) electrons. The number of amides is 1. The van der Waals surface area contributed by atoms with Crippen LogP contribution in [-0.2, 0) is 7.05 Å². The number of carbonyl (C=O) groups excluding carboxylic acids is 1. The molecule has 1 heterocycles. The zero-order chi connectivity index (χ0) is 12.3. The van der Waals surface area contributed by atoms with Gasteiger partial charge in [0, 0.05) is 12.7 Å². The third-order valence-electron chi connectivity index (χ3n) is 2.17. The van der Waals surface area contributed by atoms with E-state index in [2.05, 4.69) is 26.0 Å². The summed E-state index contributed by atoms with van der Waals surface area (Å²) in [5.41, 5.74) is 1.27. The van der Waals surface area contributed by atoms with Gasteiger partial charge in [0.15, 0.2) is 0 Å². The van der Waals surface area contributed by atoms with Crippen molar-refractivity contribution in [2.75, 3.05) is 17.7 Å². The first-order valence-electron chi connectivity index (χ1n) is 5.03. The fourth-order valence-electron chi connectivity index (χ4n) is 1.40. The number of carbonyl (C=O) groups is 1. The lowest BCUT2D eigenvalue weighted by Gasteiger charge is -2.06. The van der Waals surface area contributed by atoms with E-state index in [1.807, 2.05) is 12.1 Å². The topological polar surface area (TPSA) is 84.7 Å². The Bertz CT molecular complexity index is 535. The summed E-state index contributed by atoms with van der Waals surface area (Å²) in [4.78, 5) is 13.2. The van der Waals surface area contributed by atoms with Gasteiger partial charge in [0.25, 0.3) is 11.9 Å². The maximum absolute atomic E-state index is 11.9. The summed E-state index contributed by atoms with van der Waals surface area (Å²) < 4.78 is 0. The summed E-state index contributed by atoms with van der Waals surface area (Å²) in [5.74, 6) is -0.0913. The molecule has 7 heteroatoms. The highest BCUT2D eigenvalue weighted by molar-refractivity contribution is 6.07. The molecule has 0 spiro atoms. The number of aryl methyl sites for hydroxylation is 1. The number of anilines is 2. The van der Waals surface area contributed by atoms with Gasteiger partial charge in [-0.1, -0.05) is 17.2 Å². The van der Waals surface area contributed by atoms with Crippen molar-refractivity contribution in [1.82, 2.24) is 20.2 Å². The van der Waals surface area contributed by atoms with Crippen molar-refractivity contribution in [3.8, 4) is 0 Å². The van der Waals surface area contributed by atoms with Crippen molar-refractivity contribution >= 4 is 17.5 Å². The first-order chi connectivity index (χ1) is 8.20. The predicted octanol–water partition coefficient (Wildman–Crippen LogP) is 0.504. The normalized spacial score (nSPS) is 10.0. The Morgan fingerprint density at radius 2 is 2.12 bits per heavy atom. The van der Waals surface area contributed by atoms with E-state index in [0.717, 1.165) is 5.69 Å². The van der Waals surface area contributed by atoms with Crippen molar-refractivity contribution in [2.24, 2.45) is 7.05 Å². The van der Waals surface area contributed by atoms with Crippen LogP contribution in [0.15, 0.2) is 24.3 Å². The van der Waals surface area contributed by atoms with Crippen LogP contribution in [0, 0.1) is 0 Å². The third kappa shape index (κ3) is 2.39. The minimum Gasteiger partial charge on any atom is -0.387 e. The van der Waals surface area contributed by atoms with E-state index in [1.165, 1.54) is 4.80 Å². The van der Waals surface area contributed by atoms with Gasteiger partial charge in [0.1, 0.15) is 0 Å². The second kappa shape index (κ2) is 4.60. The minimum absolute atomic E-state index is 0.184. The molecule has 17 heavy (non-hydrogen) atoms. The SMILES string of the molecule is CNc1ccccc1C(=O)Nc1nnn(C)n1. The van der Waals surface area contributed by atoms with E-state index in [-0.39, 0.29) is 11.9 Å². The molecule has 2 N–H and O–H groups in total. The van der Waals surface area contributed by atoms with Gasteiger partial charge in [-0.05, 0) is 17.3 Å². The van der Waals surface area contributed by atoms with Crippen molar-refractivity contribution in [3.05, 3.63) is 29.8 Å². The number of para-hydroxylation sites is 1. The van der Waals surface area contributed by atoms with Crippen LogP contribution in [0.25, 0.3) is 0 Å². The fourth-order valence-corrected chi connectivity index (χ4v) is 1.40. The van der Waals surface area contributed by atoms with Crippen LogP contribution >= 0.6 is 0 Å². The molecule has 7 nitrogen and oxygen atoms in total. The standard InChI is InChI=1S/C10H12N6O/c1-11-8-6-4-3-5-7(8)9(17)12-10-13-15-16(2)14-10/h3-6,11H,1-2H3,(H,12,14,17). The Hall–Kier alpha value is -2.44. The lowest BCUT2D eigenvalue weighted by atomic mass is 10.1. The molecule has 0 saturated carbocycles. The van der Waals surface area contributed by atoms with Crippen LogP contribution in [0.5, 0.6) is 0 Å². The maximum Gasteiger partial charge on any atom is 0.270 e. The molecule has 1 aromatic heterocycles. The Kier molecular flexibility index (Phi) is 2.99. The van der Waals surface area contributed by atoms with Crippen molar-refractivity contribution in [1.29, 1.82) is 0 Å². The highest BCUT2D eigenvalue weighted by Gasteiger charge is 2.12. The minimum atomic E-state index is -0.275. The number of aromatic nitrogens is 4. The van der Waals surface area contributed by atoms with Crippen molar-refractivity contribution in [2.45, 2.75) is 0 Å². The molecule has 1 aromatic carbocycles. The van der Waals surface area contributed by atoms with E-state index in [4.69, 9.17) is 0 Å². The van der Waals surface area contributed by atoms with Gasteiger partial charge in [-0.3, -0.25) is 10.1 Å². The first kappa shape index (κ1) is 11.1. The molecular formula is C10H12N6O. The summed E-state index contributed by atoms with van der Waals surface area (Å²) in [5, 5.41) is 16.7. The predicted molar refractivity (Wildman–Crippen MR) is 62.7 cm³/mol. The number of nitrogens with zero attached hydrogens (tertiary/aromatic N) is 4. The van der Waals surface area contributed by atoms with Crippen molar-refractivity contribution < 1.29 is 4.79 Å². The van der Waals surface area contributed by atoms with Crippen LogP contribution in [-0.4, -0.2) is 33.2 Å². The van der Waals surface area contributed by atoms with Crippen LogP contribution in [0.2, 0.25) is 0 Å². The summed E-state index contributed by atoms with van der Waals surface area (Å²) in [6.07, 6.45) is 0. The largest absolute Gasteiger partial charge is 0.387 e. The highest BCUT2D eigenvalue weighted by atomic mass is 16.1. The number of nitrogens with one attached hydrogen (secondary N) is 2. The quantitative estimate of drug-likeness (QED) is 0.805. The monoisotopic (exact) mass is 232 g/mol. The molecule has 2 rings (SSSR count). The molecule has 88 valence electrons. The molecule has 0 unspecified atom stereocenters. The van der Waals surface area contributed by atoms with Crippen LogP contribution in [0.1, 0.15) is 10.4 Å². The number of hydrogen-bond acceptors (Lipinski definition) is 5. The lowest BCUT2D eigenvalue weighted by molar-refractivity contribution is 0.102. The summed E-state index contributed by atoms with van der Waals surface area (Å²) in [6.45, 7) is 0. The molecule has 0 saturated heterocycles. The van der Waals surface area contributed by atoms with E-state index < -0.39 is 0 Å². The number of hydrogen-bond donors (Lipinski definition) is 2. The molecular weight excluding hydrogens is 220 g/mol. The molecule has 0 aliphatic rings. The third-order valence-corrected chi connectivity index (χ3v) is 2.17. The number of tetrazole rings is 1. The first-order valence-corrected chi connectivity index (χ1v) is 5.03. The molecule has 2 aromatic rings. The Morgan fingerprint density at radius 3 is 2.76 bits per heavy atom. The van der Waals surface area contributed by atoms with Crippen LogP contribution in [0.4, 0.5) is 11.6 Å². The maximum atomic E-state index is 11.9. The van der Waals surface area contributed by atoms with Gasteiger partial charge in [-0.15, -0.1) is 5.10 Å². The summed E-state index contributed by atoms with van der Waals surface area (Å²) >= 11 is 0. The molecule has 0 fully saturated rings. The zero-order valence-electron chi connectivity index (χ0n) is 9.51. The average molecular weight is 232 g/mol. The molecule has 0 bridgehead atoms. The molecule has 0 aliphatic carbocycles.